The molecule has 0 radical (unpaired) electrons. The quantitative estimate of drug-likeness (QED) is 0.391. The lowest BCUT2D eigenvalue weighted by Gasteiger charge is -2.21. The maximum absolute atomic E-state index is 12.1. The van der Waals surface area contributed by atoms with Crippen molar-refractivity contribution in [2.75, 3.05) is 0 Å². The molecule has 2 aliphatic heterocycles. The fourth-order valence-corrected chi connectivity index (χ4v) is 4.01. The molecule has 3 rings (SSSR count). The molecule has 0 spiro atoms. The lowest BCUT2D eigenvalue weighted by Crippen LogP contribution is -2.22. The minimum Gasteiger partial charge on any atom is -0.458 e. The minimum atomic E-state index is -0.384. The highest BCUT2D eigenvalue weighted by atomic mass is 16.6. The van der Waals surface area contributed by atoms with Gasteiger partial charge in [-0.2, -0.15) is 0 Å². The van der Waals surface area contributed by atoms with E-state index in [4.69, 9.17) is 14.2 Å². The average Bonchev–Trinajstić information content (AvgIpc) is 3.16. The van der Waals surface area contributed by atoms with Crippen LogP contribution in [0.25, 0.3) is 0 Å². The topological polar surface area (TPSA) is 65.1 Å². The van der Waals surface area contributed by atoms with E-state index in [0.29, 0.717) is 12.0 Å². The van der Waals surface area contributed by atoms with Gasteiger partial charge in [0.05, 0.1) is 11.7 Å². The summed E-state index contributed by atoms with van der Waals surface area (Å²) in [6, 6.07) is 0. The summed E-state index contributed by atoms with van der Waals surface area (Å²) in [6.07, 6.45) is 7.89. The van der Waals surface area contributed by atoms with Crippen LogP contribution in [-0.2, 0) is 23.8 Å². The van der Waals surface area contributed by atoms with Crippen LogP contribution >= 0.6 is 0 Å². The first-order valence-corrected chi connectivity index (χ1v) is 9.79. The second-order valence-corrected chi connectivity index (χ2v) is 8.24. The first-order valence-electron chi connectivity index (χ1n) is 9.79. The van der Waals surface area contributed by atoms with Gasteiger partial charge in [-0.3, -0.25) is 4.79 Å². The Balaban J connectivity index is 1.91. The number of rotatable bonds is 1. The molecule has 0 aromatic heterocycles. The maximum Gasteiger partial charge on any atom is 0.334 e. The smallest absolute Gasteiger partial charge is 0.334 e. The van der Waals surface area contributed by atoms with E-state index in [0.717, 1.165) is 36.8 Å². The summed E-state index contributed by atoms with van der Waals surface area (Å²) >= 11 is 0. The van der Waals surface area contributed by atoms with Gasteiger partial charge in [0.15, 0.2) is 0 Å². The van der Waals surface area contributed by atoms with Gasteiger partial charge in [-0.05, 0) is 70.6 Å². The number of hydrogen-bond acceptors (Lipinski definition) is 5. The van der Waals surface area contributed by atoms with Crippen LogP contribution in [0, 0.1) is 0 Å². The summed E-state index contributed by atoms with van der Waals surface area (Å²) < 4.78 is 17.1. The molecule has 148 valence electrons. The standard InChI is InChI=1S/C22H30O5/c1-13-8-9-20-22(5,27-20)10-6-7-14(2)18(25-16(4)23)12-17-15(3)21(24)26-19(17)11-13/h7,11,18-20H,6,8-10,12H2,1-5H3. The third-order valence-electron chi connectivity index (χ3n) is 5.97. The van der Waals surface area contributed by atoms with Gasteiger partial charge in [0.2, 0.25) is 0 Å². The summed E-state index contributed by atoms with van der Waals surface area (Å²) in [5.41, 5.74) is 3.66. The molecular formula is C22H30O5. The lowest BCUT2D eigenvalue weighted by molar-refractivity contribution is -0.145. The van der Waals surface area contributed by atoms with Crippen molar-refractivity contribution in [1.29, 1.82) is 0 Å². The summed E-state index contributed by atoms with van der Waals surface area (Å²) in [4.78, 5) is 23.8. The molecule has 0 N–H and O–H groups in total. The zero-order chi connectivity index (χ0) is 19.8. The summed E-state index contributed by atoms with van der Waals surface area (Å²) in [5.74, 6) is -0.608. The van der Waals surface area contributed by atoms with E-state index < -0.39 is 0 Å². The number of esters is 2. The predicted molar refractivity (Wildman–Crippen MR) is 102 cm³/mol. The monoisotopic (exact) mass is 374 g/mol. The van der Waals surface area contributed by atoms with Gasteiger partial charge < -0.3 is 14.2 Å². The zero-order valence-electron chi connectivity index (χ0n) is 17.0. The molecule has 0 bridgehead atoms. The first kappa shape index (κ1) is 19.9. The van der Waals surface area contributed by atoms with Crippen LogP contribution in [0.5, 0.6) is 0 Å². The number of epoxide rings is 1. The van der Waals surface area contributed by atoms with Crippen LogP contribution < -0.4 is 0 Å². The maximum atomic E-state index is 12.1. The number of hydrogen-bond donors (Lipinski definition) is 0. The second-order valence-electron chi connectivity index (χ2n) is 8.24. The molecule has 0 amide bonds. The highest BCUT2D eigenvalue weighted by molar-refractivity contribution is 5.92. The molecule has 2 heterocycles. The molecule has 5 nitrogen and oxygen atoms in total. The van der Waals surface area contributed by atoms with Crippen LogP contribution in [0.15, 0.2) is 34.4 Å². The Kier molecular flexibility index (Phi) is 5.61. The molecule has 0 saturated carbocycles. The van der Waals surface area contributed by atoms with Gasteiger partial charge in [0, 0.05) is 18.9 Å². The van der Waals surface area contributed by atoms with Crippen molar-refractivity contribution in [3.63, 3.8) is 0 Å². The third-order valence-corrected chi connectivity index (χ3v) is 5.97. The van der Waals surface area contributed by atoms with Crippen LogP contribution in [0.4, 0.5) is 0 Å². The molecule has 5 heteroatoms. The number of allylic oxidation sites excluding steroid dienone is 2. The average molecular weight is 374 g/mol. The number of fused-ring (bicyclic) bond motifs is 2. The van der Waals surface area contributed by atoms with E-state index in [2.05, 4.69) is 19.9 Å². The lowest BCUT2D eigenvalue weighted by atomic mass is 9.91. The Morgan fingerprint density at radius 2 is 2.04 bits per heavy atom. The fraction of sp³-hybridized carbons (Fsp3) is 0.636. The highest BCUT2D eigenvalue weighted by Gasteiger charge is 2.50. The number of carbonyl (C=O) groups excluding carboxylic acids is 2. The number of carbonyl (C=O) groups is 2. The molecule has 0 aromatic carbocycles. The molecule has 1 saturated heterocycles. The summed E-state index contributed by atoms with van der Waals surface area (Å²) in [6.45, 7) is 9.42. The van der Waals surface area contributed by atoms with Crippen LogP contribution in [0.1, 0.15) is 66.7 Å². The van der Waals surface area contributed by atoms with Crippen molar-refractivity contribution in [2.24, 2.45) is 0 Å². The normalized spacial score (nSPS) is 34.6. The van der Waals surface area contributed by atoms with Gasteiger partial charge in [0.1, 0.15) is 12.2 Å². The van der Waals surface area contributed by atoms with Gasteiger partial charge in [-0.1, -0.05) is 11.6 Å². The van der Waals surface area contributed by atoms with Gasteiger partial charge in [-0.15, -0.1) is 0 Å². The Morgan fingerprint density at radius 1 is 1.30 bits per heavy atom. The van der Waals surface area contributed by atoms with Gasteiger partial charge >= 0.3 is 11.9 Å². The van der Waals surface area contributed by atoms with Gasteiger partial charge in [-0.25, -0.2) is 4.79 Å². The van der Waals surface area contributed by atoms with E-state index in [1.165, 1.54) is 12.5 Å². The van der Waals surface area contributed by atoms with E-state index in [1.807, 2.05) is 13.0 Å². The first-order chi connectivity index (χ1) is 12.7. The molecule has 3 aliphatic rings. The Labute approximate surface area is 161 Å². The van der Waals surface area contributed by atoms with Crippen LogP contribution in [-0.4, -0.2) is 35.9 Å². The molecule has 1 aliphatic carbocycles. The Hall–Kier alpha value is -1.88. The Morgan fingerprint density at radius 3 is 2.74 bits per heavy atom. The van der Waals surface area contributed by atoms with Gasteiger partial charge in [0.25, 0.3) is 0 Å². The van der Waals surface area contributed by atoms with E-state index >= 15 is 0 Å². The molecular weight excluding hydrogens is 344 g/mol. The third kappa shape index (κ3) is 4.52. The minimum absolute atomic E-state index is 0.0560. The van der Waals surface area contributed by atoms with E-state index in [-0.39, 0.29) is 35.9 Å². The zero-order valence-corrected chi connectivity index (χ0v) is 17.0. The summed E-state index contributed by atoms with van der Waals surface area (Å²) in [5, 5.41) is 0. The van der Waals surface area contributed by atoms with E-state index in [9.17, 15) is 9.59 Å². The van der Waals surface area contributed by atoms with Crippen molar-refractivity contribution in [2.45, 2.75) is 90.6 Å². The highest BCUT2D eigenvalue weighted by Crippen LogP contribution is 2.44. The van der Waals surface area contributed by atoms with Crippen molar-refractivity contribution < 1.29 is 23.8 Å². The Bertz CT molecular complexity index is 729. The van der Waals surface area contributed by atoms with Crippen molar-refractivity contribution in [1.82, 2.24) is 0 Å². The SMILES string of the molecule is CC(=O)OC1CC2=C(C)C(=O)OC2C=C(C)CCC2OC2(C)CCC=C1C. The predicted octanol–water partition coefficient (Wildman–Crippen LogP) is 4.17. The molecule has 4 atom stereocenters. The van der Waals surface area contributed by atoms with Crippen molar-refractivity contribution in [3.8, 4) is 0 Å². The molecule has 0 aromatic rings. The fourth-order valence-electron chi connectivity index (χ4n) is 4.01. The summed E-state index contributed by atoms with van der Waals surface area (Å²) in [7, 11) is 0. The molecule has 1 fully saturated rings. The van der Waals surface area contributed by atoms with Crippen molar-refractivity contribution in [3.05, 3.63) is 34.4 Å². The van der Waals surface area contributed by atoms with Crippen molar-refractivity contribution >= 4 is 11.9 Å². The molecule has 4 unspecified atom stereocenters. The molecule has 27 heavy (non-hydrogen) atoms. The van der Waals surface area contributed by atoms with Crippen LogP contribution in [0.2, 0.25) is 0 Å². The van der Waals surface area contributed by atoms with E-state index in [1.54, 1.807) is 6.92 Å². The number of ether oxygens (including phenoxy) is 3. The largest absolute Gasteiger partial charge is 0.458 e. The second kappa shape index (κ2) is 7.63. The van der Waals surface area contributed by atoms with Crippen LogP contribution in [0.3, 0.4) is 0 Å².